The Balaban J connectivity index is 1.27. The van der Waals surface area contributed by atoms with Crippen molar-refractivity contribution >= 4 is 5.91 Å². The Morgan fingerprint density at radius 1 is 1.21 bits per heavy atom. The highest BCUT2D eigenvalue weighted by Crippen LogP contribution is 2.53. The number of carbonyl (C=O) groups excluding carboxylic acids is 1. The number of H-pyrrole nitrogens is 1. The molecule has 0 bridgehead atoms. The summed E-state index contributed by atoms with van der Waals surface area (Å²) in [5, 5.41) is 7.67. The van der Waals surface area contributed by atoms with Gasteiger partial charge in [0.25, 0.3) is 5.91 Å². The van der Waals surface area contributed by atoms with E-state index < -0.39 is 0 Å². The minimum Gasteiger partial charge on any atom is -0.497 e. The van der Waals surface area contributed by atoms with Crippen LogP contribution < -0.4 is 9.47 Å². The van der Waals surface area contributed by atoms with Crippen molar-refractivity contribution in [2.75, 3.05) is 26.8 Å². The van der Waals surface area contributed by atoms with E-state index in [0.29, 0.717) is 18.2 Å². The summed E-state index contributed by atoms with van der Waals surface area (Å²) in [5.74, 6) is 4.20. The van der Waals surface area contributed by atoms with Crippen LogP contribution in [0.2, 0.25) is 0 Å². The molecule has 1 atom stereocenters. The lowest BCUT2D eigenvalue weighted by molar-refractivity contribution is -0.132. The van der Waals surface area contributed by atoms with Crippen LogP contribution in [0.15, 0.2) is 24.3 Å². The number of methoxy groups -OCH3 is 1. The minimum atomic E-state index is 0.0384. The zero-order chi connectivity index (χ0) is 19.8. The largest absolute Gasteiger partial charge is 0.497 e. The number of aromatic nitrogens is 3. The van der Waals surface area contributed by atoms with Crippen molar-refractivity contribution in [1.82, 2.24) is 20.1 Å². The lowest BCUT2D eigenvalue weighted by Crippen LogP contribution is -2.34. The summed E-state index contributed by atoms with van der Waals surface area (Å²) < 4.78 is 10.9. The molecule has 0 radical (unpaired) electrons. The molecule has 2 aromatic rings. The number of carbonyl (C=O) groups is 1. The predicted molar refractivity (Wildman–Crippen MR) is 107 cm³/mol. The van der Waals surface area contributed by atoms with E-state index in [-0.39, 0.29) is 23.8 Å². The van der Waals surface area contributed by atoms with Crippen molar-refractivity contribution < 1.29 is 14.3 Å². The third kappa shape index (κ3) is 3.58. The molecule has 154 valence electrons. The maximum atomic E-state index is 12.9. The van der Waals surface area contributed by atoms with E-state index in [1.54, 1.807) is 7.11 Å². The van der Waals surface area contributed by atoms with Crippen LogP contribution in [-0.4, -0.2) is 52.8 Å². The van der Waals surface area contributed by atoms with Gasteiger partial charge >= 0.3 is 0 Å². The van der Waals surface area contributed by atoms with Gasteiger partial charge in [0.15, 0.2) is 12.4 Å². The Hall–Kier alpha value is -2.57. The maximum Gasteiger partial charge on any atom is 0.260 e. The number of aromatic amines is 1. The summed E-state index contributed by atoms with van der Waals surface area (Å²) in [5.41, 5.74) is 0.135. The second kappa shape index (κ2) is 7.35. The lowest BCUT2D eigenvalue weighted by Gasteiger charge is -2.28. The van der Waals surface area contributed by atoms with Gasteiger partial charge in [-0.3, -0.25) is 9.89 Å². The second-order valence-corrected chi connectivity index (χ2v) is 8.71. The summed E-state index contributed by atoms with van der Waals surface area (Å²) >= 11 is 0. The van der Waals surface area contributed by atoms with Gasteiger partial charge in [-0.05, 0) is 55.4 Å². The van der Waals surface area contributed by atoms with Crippen LogP contribution >= 0.6 is 0 Å². The fourth-order valence-corrected chi connectivity index (χ4v) is 5.00. The molecule has 7 heteroatoms. The fourth-order valence-electron chi connectivity index (χ4n) is 5.00. The monoisotopic (exact) mass is 396 g/mol. The van der Waals surface area contributed by atoms with Crippen molar-refractivity contribution in [1.29, 1.82) is 0 Å². The van der Waals surface area contributed by atoms with Gasteiger partial charge < -0.3 is 14.4 Å². The number of hydrogen-bond acceptors (Lipinski definition) is 5. The highest BCUT2D eigenvalue weighted by molar-refractivity contribution is 5.78. The quantitative estimate of drug-likeness (QED) is 0.811. The van der Waals surface area contributed by atoms with E-state index in [0.717, 1.165) is 36.8 Å². The molecular formula is C22H28N4O3. The van der Waals surface area contributed by atoms with E-state index in [1.165, 1.54) is 25.7 Å². The van der Waals surface area contributed by atoms with Gasteiger partial charge in [-0.1, -0.05) is 12.8 Å². The van der Waals surface area contributed by atoms with E-state index in [9.17, 15) is 4.79 Å². The van der Waals surface area contributed by atoms with Crippen molar-refractivity contribution in [3.05, 3.63) is 35.9 Å². The molecule has 7 nitrogen and oxygen atoms in total. The minimum absolute atomic E-state index is 0.0384. The number of amides is 1. The molecule has 1 aromatic carbocycles. The number of likely N-dealkylation sites (tertiary alicyclic amines) is 1. The standard InChI is InChI=1S/C22H28N4O3/c1-28-16-6-8-17(9-7-16)29-13-19(27)26-12-18(22(14-26)10-2-3-11-22)21-23-20(24-25-21)15-4-5-15/h6-9,15,18H,2-5,10-14H2,1H3,(H,23,24,25). The molecule has 1 N–H and O–H groups in total. The van der Waals surface area contributed by atoms with Gasteiger partial charge in [0, 0.05) is 24.9 Å². The highest BCUT2D eigenvalue weighted by Gasteiger charge is 2.51. The van der Waals surface area contributed by atoms with Crippen LogP contribution in [0, 0.1) is 5.41 Å². The molecule has 2 saturated carbocycles. The van der Waals surface area contributed by atoms with Crippen LogP contribution in [0.25, 0.3) is 0 Å². The normalized spacial score (nSPS) is 22.9. The average molecular weight is 396 g/mol. The first-order valence-electron chi connectivity index (χ1n) is 10.6. The van der Waals surface area contributed by atoms with Crippen molar-refractivity contribution in [3.63, 3.8) is 0 Å². The lowest BCUT2D eigenvalue weighted by atomic mass is 9.76. The molecule has 29 heavy (non-hydrogen) atoms. The first kappa shape index (κ1) is 18.5. The van der Waals surface area contributed by atoms with Crippen LogP contribution in [-0.2, 0) is 4.79 Å². The molecule has 1 spiro atoms. The zero-order valence-corrected chi connectivity index (χ0v) is 16.9. The number of rotatable bonds is 6. The number of nitrogens with one attached hydrogen (secondary N) is 1. The fraction of sp³-hybridized carbons (Fsp3) is 0.591. The van der Waals surface area contributed by atoms with E-state index >= 15 is 0 Å². The molecule has 3 fully saturated rings. The Morgan fingerprint density at radius 2 is 1.93 bits per heavy atom. The Kier molecular flexibility index (Phi) is 4.68. The van der Waals surface area contributed by atoms with Gasteiger partial charge in [0.1, 0.15) is 17.3 Å². The van der Waals surface area contributed by atoms with Crippen LogP contribution in [0.1, 0.15) is 62.0 Å². The third-order valence-electron chi connectivity index (χ3n) is 6.81. The van der Waals surface area contributed by atoms with Gasteiger partial charge in [0.2, 0.25) is 0 Å². The Labute approximate surface area is 170 Å². The number of nitrogens with zero attached hydrogens (tertiary/aromatic N) is 3. The second-order valence-electron chi connectivity index (χ2n) is 8.71. The number of hydrogen-bond donors (Lipinski definition) is 1. The summed E-state index contributed by atoms with van der Waals surface area (Å²) in [6.45, 7) is 1.55. The number of ether oxygens (including phenoxy) is 2. The smallest absolute Gasteiger partial charge is 0.260 e. The van der Waals surface area contributed by atoms with Crippen LogP contribution in [0.3, 0.4) is 0 Å². The molecule has 5 rings (SSSR count). The van der Waals surface area contributed by atoms with Crippen molar-refractivity contribution in [3.8, 4) is 11.5 Å². The molecule has 3 aliphatic rings. The first-order chi connectivity index (χ1) is 14.2. The molecule has 1 unspecified atom stereocenters. The SMILES string of the molecule is COc1ccc(OCC(=O)N2CC(c3nc(C4CC4)n[nH]3)C3(CCCC3)C2)cc1. The molecule has 1 aliphatic heterocycles. The van der Waals surface area contributed by atoms with Crippen molar-refractivity contribution in [2.45, 2.75) is 50.4 Å². The summed E-state index contributed by atoms with van der Waals surface area (Å²) in [4.78, 5) is 19.7. The van der Waals surface area contributed by atoms with E-state index in [2.05, 4.69) is 10.2 Å². The summed E-state index contributed by atoms with van der Waals surface area (Å²) in [7, 11) is 1.63. The molecule has 1 amide bonds. The molecule has 1 aromatic heterocycles. The van der Waals surface area contributed by atoms with Crippen LogP contribution in [0.4, 0.5) is 0 Å². The van der Waals surface area contributed by atoms with Crippen molar-refractivity contribution in [2.24, 2.45) is 5.41 Å². The molecule has 2 heterocycles. The highest BCUT2D eigenvalue weighted by atomic mass is 16.5. The van der Waals surface area contributed by atoms with Crippen LogP contribution in [0.5, 0.6) is 11.5 Å². The third-order valence-corrected chi connectivity index (χ3v) is 6.81. The van der Waals surface area contributed by atoms with E-state index in [4.69, 9.17) is 14.5 Å². The Bertz CT molecular complexity index is 868. The molecular weight excluding hydrogens is 368 g/mol. The topological polar surface area (TPSA) is 80.3 Å². The predicted octanol–water partition coefficient (Wildman–Crippen LogP) is 3.26. The molecule has 2 aliphatic carbocycles. The van der Waals surface area contributed by atoms with Gasteiger partial charge in [-0.15, -0.1) is 0 Å². The van der Waals surface area contributed by atoms with E-state index in [1.807, 2.05) is 29.2 Å². The average Bonchev–Trinajstić information content (AvgIpc) is 3.16. The van der Waals surface area contributed by atoms with Gasteiger partial charge in [0.05, 0.1) is 7.11 Å². The Morgan fingerprint density at radius 3 is 2.62 bits per heavy atom. The zero-order valence-electron chi connectivity index (χ0n) is 16.9. The number of benzene rings is 1. The van der Waals surface area contributed by atoms with Gasteiger partial charge in [-0.25, -0.2) is 4.98 Å². The maximum absolute atomic E-state index is 12.9. The first-order valence-corrected chi connectivity index (χ1v) is 10.6. The molecule has 1 saturated heterocycles. The van der Waals surface area contributed by atoms with Gasteiger partial charge in [-0.2, -0.15) is 5.10 Å². The summed E-state index contributed by atoms with van der Waals surface area (Å²) in [6.07, 6.45) is 7.15. The summed E-state index contributed by atoms with van der Waals surface area (Å²) in [6, 6.07) is 7.32.